The van der Waals surface area contributed by atoms with Crippen LogP contribution in [0.25, 0.3) is 10.3 Å². The van der Waals surface area contributed by atoms with E-state index in [1.807, 2.05) is 31.3 Å². The van der Waals surface area contributed by atoms with Crippen molar-refractivity contribution in [2.75, 3.05) is 69.7 Å². The third kappa shape index (κ3) is 6.41. The van der Waals surface area contributed by atoms with Crippen LogP contribution in [-0.2, 0) is 19.6 Å². The van der Waals surface area contributed by atoms with E-state index < -0.39 is 10.0 Å². The van der Waals surface area contributed by atoms with Gasteiger partial charge >= 0.3 is 0 Å². The van der Waals surface area contributed by atoms with Gasteiger partial charge in [-0.1, -0.05) is 49.2 Å². The molecule has 6 rings (SSSR count). The minimum atomic E-state index is -3.57. The zero-order chi connectivity index (χ0) is 28.4. The number of amides is 1. The molecule has 1 N–H and O–H groups in total. The Bertz CT molecular complexity index is 1460. The molecule has 1 aliphatic carbocycles. The first-order chi connectivity index (χ1) is 19.9. The van der Waals surface area contributed by atoms with Gasteiger partial charge in [-0.3, -0.25) is 4.79 Å². The van der Waals surface area contributed by atoms with E-state index in [9.17, 15) is 13.2 Å². The second-order valence-corrected chi connectivity index (χ2v) is 14.2. The Hall–Kier alpha value is -2.64. The van der Waals surface area contributed by atoms with E-state index in [1.165, 1.54) is 24.2 Å². The molecule has 2 aromatic heterocycles. The fourth-order valence-electron chi connectivity index (χ4n) is 6.05. The summed E-state index contributed by atoms with van der Waals surface area (Å²) in [5.41, 5.74) is 1.59. The lowest BCUT2D eigenvalue weighted by atomic mass is 9.87. The van der Waals surface area contributed by atoms with Crippen LogP contribution < -0.4 is 10.2 Å². The second kappa shape index (κ2) is 12.3. The lowest BCUT2D eigenvalue weighted by molar-refractivity contribution is -0.118. The van der Waals surface area contributed by atoms with Crippen molar-refractivity contribution in [1.82, 2.24) is 19.2 Å². The summed E-state index contributed by atoms with van der Waals surface area (Å²) in [5.74, 6) is 0.877. The number of piperazine rings is 1. The fraction of sp³-hybridized carbons (Fsp3) is 0.552. The minimum Gasteiger partial charge on any atom is -0.378 e. The maximum atomic E-state index is 13.7. The highest BCUT2D eigenvalue weighted by Crippen LogP contribution is 2.36. The molecule has 1 atom stereocenters. The van der Waals surface area contributed by atoms with E-state index in [1.54, 1.807) is 16.4 Å². The number of ether oxygens (including phenoxy) is 1. The number of carbonyl (C=O) groups is 1. The molecule has 1 unspecified atom stereocenters. The molecule has 1 saturated carbocycles. The maximum absolute atomic E-state index is 13.7. The number of nitrogens with one attached hydrogen (secondary N) is 1. The molecule has 41 heavy (non-hydrogen) atoms. The average molecular weight is 599 g/mol. The van der Waals surface area contributed by atoms with Gasteiger partial charge < -0.3 is 19.9 Å². The number of pyridine rings is 1. The summed E-state index contributed by atoms with van der Waals surface area (Å²) in [6, 6.07) is 10.9. The SMILES string of the molecule is CN1CCN(S(=O)(=O)c2ccc(C(CC3CCCC3)C(=O)Nc3nc4ccc(N5CCOCC5)nc4s3)cc2)CC1. The summed E-state index contributed by atoms with van der Waals surface area (Å²) in [4.78, 5) is 28.6. The first kappa shape index (κ1) is 28.5. The fourth-order valence-corrected chi connectivity index (χ4v) is 8.30. The number of hydrogen-bond donors (Lipinski definition) is 1. The van der Waals surface area contributed by atoms with Crippen LogP contribution >= 0.6 is 11.3 Å². The van der Waals surface area contributed by atoms with Crippen LogP contribution in [-0.4, -0.2) is 93.0 Å². The first-order valence-corrected chi connectivity index (χ1v) is 16.8. The molecule has 1 amide bonds. The van der Waals surface area contributed by atoms with Gasteiger partial charge in [0.15, 0.2) is 5.13 Å². The molecule has 0 radical (unpaired) electrons. The summed E-state index contributed by atoms with van der Waals surface area (Å²) >= 11 is 1.38. The van der Waals surface area contributed by atoms with Crippen molar-refractivity contribution in [1.29, 1.82) is 0 Å². The summed E-state index contributed by atoms with van der Waals surface area (Å²) in [6.07, 6.45) is 5.36. The predicted molar refractivity (Wildman–Crippen MR) is 161 cm³/mol. The van der Waals surface area contributed by atoms with Crippen molar-refractivity contribution in [2.24, 2.45) is 5.92 Å². The van der Waals surface area contributed by atoms with Crippen LogP contribution in [0.3, 0.4) is 0 Å². The molecule has 0 spiro atoms. The molecule has 4 heterocycles. The number of likely N-dealkylation sites (N-methyl/N-ethyl adjacent to an activating group) is 1. The zero-order valence-electron chi connectivity index (χ0n) is 23.5. The molecule has 10 nitrogen and oxygen atoms in total. The summed E-state index contributed by atoms with van der Waals surface area (Å²) < 4.78 is 33.5. The van der Waals surface area contributed by atoms with Crippen LogP contribution in [0.5, 0.6) is 0 Å². The largest absolute Gasteiger partial charge is 0.378 e. The molecule has 3 aromatic rings. The summed E-state index contributed by atoms with van der Waals surface area (Å²) in [5, 5.41) is 3.60. The number of sulfonamides is 1. The Morgan fingerprint density at radius 1 is 1.00 bits per heavy atom. The monoisotopic (exact) mass is 598 g/mol. The van der Waals surface area contributed by atoms with Crippen molar-refractivity contribution in [3.05, 3.63) is 42.0 Å². The van der Waals surface area contributed by atoms with Crippen LogP contribution in [0.4, 0.5) is 10.9 Å². The van der Waals surface area contributed by atoms with Gasteiger partial charge in [0.05, 0.1) is 24.0 Å². The van der Waals surface area contributed by atoms with E-state index in [0.717, 1.165) is 67.2 Å². The number of benzene rings is 1. The van der Waals surface area contributed by atoms with Crippen LogP contribution in [0.1, 0.15) is 43.6 Å². The maximum Gasteiger partial charge on any atom is 0.243 e. The molecular formula is C29H38N6O4S2. The number of aromatic nitrogens is 2. The van der Waals surface area contributed by atoms with E-state index >= 15 is 0 Å². The van der Waals surface area contributed by atoms with Crippen molar-refractivity contribution >= 4 is 48.6 Å². The molecular weight excluding hydrogens is 560 g/mol. The van der Waals surface area contributed by atoms with E-state index in [-0.39, 0.29) is 16.7 Å². The highest BCUT2D eigenvalue weighted by molar-refractivity contribution is 7.89. The number of rotatable bonds is 8. The number of thiazole rings is 1. The second-order valence-electron chi connectivity index (χ2n) is 11.3. The highest BCUT2D eigenvalue weighted by Gasteiger charge is 2.30. The Labute approximate surface area is 245 Å². The van der Waals surface area contributed by atoms with Gasteiger partial charge in [-0.2, -0.15) is 4.31 Å². The van der Waals surface area contributed by atoms with Crippen molar-refractivity contribution in [2.45, 2.75) is 42.9 Å². The van der Waals surface area contributed by atoms with Crippen LogP contribution in [0.2, 0.25) is 0 Å². The van der Waals surface area contributed by atoms with Crippen molar-refractivity contribution in [3.63, 3.8) is 0 Å². The summed E-state index contributed by atoms with van der Waals surface area (Å²) in [7, 11) is -1.56. The molecule has 2 aliphatic heterocycles. The molecule has 12 heteroatoms. The smallest absolute Gasteiger partial charge is 0.243 e. The Morgan fingerprint density at radius 3 is 2.41 bits per heavy atom. The van der Waals surface area contributed by atoms with Crippen LogP contribution in [0.15, 0.2) is 41.3 Å². The quantitative estimate of drug-likeness (QED) is 0.418. The van der Waals surface area contributed by atoms with Gasteiger partial charge in [-0.15, -0.1) is 0 Å². The first-order valence-electron chi connectivity index (χ1n) is 14.6. The minimum absolute atomic E-state index is 0.112. The number of morpholine rings is 1. The molecule has 0 bridgehead atoms. The lowest BCUT2D eigenvalue weighted by Crippen LogP contribution is -2.47. The topological polar surface area (TPSA) is 108 Å². The Kier molecular flexibility index (Phi) is 8.55. The van der Waals surface area contributed by atoms with E-state index in [4.69, 9.17) is 9.72 Å². The van der Waals surface area contributed by atoms with Crippen LogP contribution in [0, 0.1) is 5.92 Å². The average Bonchev–Trinajstić information content (AvgIpc) is 3.65. The van der Waals surface area contributed by atoms with Crippen molar-refractivity contribution in [3.8, 4) is 0 Å². The van der Waals surface area contributed by atoms with Gasteiger partial charge in [-0.05, 0) is 49.2 Å². The van der Waals surface area contributed by atoms with Gasteiger partial charge in [0.1, 0.15) is 16.2 Å². The number of hydrogen-bond acceptors (Lipinski definition) is 9. The third-order valence-corrected chi connectivity index (χ3v) is 11.3. The number of fused-ring (bicyclic) bond motifs is 1. The van der Waals surface area contributed by atoms with Gasteiger partial charge in [0.25, 0.3) is 0 Å². The Morgan fingerprint density at radius 2 is 1.71 bits per heavy atom. The zero-order valence-corrected chi connectivity index (χ0v) is 25.1. The van der Waals surface area contributed by atoms with Gasteiger partial charge in [-0.25, -0.2) is 18.4 Å². The molecule has 220 valence electrons. The van der Waals surface area contributed by atoms with Gasteiger partial charge in [0, 0.05) is 39.3 Å². The number of anilines is 2. The molecule has 3 aliphatic rings. The van der Waals surface area contributed by atoms with Gasteiger partial charge in [0.2, 0.25) is 15.9 Å². The normalized spacial score (nSPS) is 20.5. The summed E-state index contributed by atoms with van der Waals surface area (Å²) in [6.45, 7) is 5.40. The highest BCUT2D eigenvalue weighted by atomic mass is 32.2. The van der Waals surface area contributed by atoms with E-state index in [0.29, 0.717) is 37.4 Å². The third-order valence-electron chi connectivity index (χ3n) is 8.55. The lowest BCUT2D eigenvalue weighted by Gasteiger charge is -2.31. The molecule has 3 fully saturated rings. The predicted octanol–water partition coefficient (Wildman–Crippen LogP) is 3.77. The number of nitrogens with zero attached hydrogens (tertiary/aromatic N) is 5. The standard InChI is InChI=1S/C29H38N6O4S2/c1-33-12-14-35(15-13-33)41(37,38)23-8-6-22(7-9-23)24(20-21-4-2-3-5-21)27(36)32-29-30-25-10-11-26(31-28(25)40-29)34-16-18-39-19-17-34/h6-11,21,24H,2-5,12-20H2,1H3,(H,30,32,36). The molecule has 1 aromatic carbocycles. The van der Waals surface area contributed by atoms with Crippen molar-refractivity contribution < 1.29 is 17.9 Å². The molecule has 2 saturated heterocycles. The number of carbonyl (C=O) groups excluding carboxylic acids is 1. The van der Waals surface area contributed by atoms with E-state index in [2.05, 4.69) is 20.1 Å². The Balaban J connectivity index is 1.20.